The molecule has 1 spiro atoms. The minimum Gasteiger partial charge on any atom is -0.224 e. The minimum atomic E-state index is -3.00. The molecule has 2 aliphatic carbocycles. The predicted octanol–water partition coefficient (Wildman–Crippen LogP) is 3.06. The van der Waals surface area contributed by atoms with E-state index >= 15 is 0 Å². The Balaban J connectivity index is 1.75. The molecular formula is C15H18O2S. The first-order valence-corrected chi connectivity index (χ1v) is 8.62. The lowest BCUT2D eigenvalue weighted by Crippen LogP contribution is -2.17. The van der Waals surface area contributed by atoms with Gasteiger partial charge in [0.25, 0.3) is 0 Å². The standard InChI is InChI=1S/C15H18O2S/c16-18(17)8-1-3-11-4-5-12(9-14(11)18)13-10-15(13)6-2-7-15/h4-5,9,13H,1-3,6-8,10H2. The van der Waals surface area contributed by atoms with Crippen LogP contribution in [0.25, 0.3) is 0 Å². The van der Waals surface area contributed by atoms with Crippen molar-refractivity contribution in [2.24, 2.45) is 5.41 Å². The van der Waals surface area contributed by atoms with Crippen molar-refractivity contribution in [3.05, 3.63) is 29.3 Å². The fraction of sp³-hybridized carbons (Fsp3) is 0.600. The topological polar surface area (TPSA) is 34.1 Å². The van der Waals surface area contributed by atoms with E-state index in [0.29, 0.717) is 22.0 Å². The molecule has 3 aliphatic rings. The molecule has 0 N–H and O–H groups in total. The van der Waals surface area contributed by atoms with Gasteiger partial charge in [-0.15, -0.1) is 0 Å². The van der Waals surface area contributed by atoms with Crippen molar-refractivity contribution >= 4 is 9.84 Å². The summed E-state index contributed by atoms with van der Waals surface area (Å²) in [7, 11) is -3.00. The summed E-state index contributed by atoms with van der Waals surface area (Å²) in [4.78, 5) is 0.632. The molecule has 4 rings (SSSR count). The molecule has 1 atom stereocenters. The number of sulfone groups is 1. The van der Waals surface area contributed by atoms with Crippen LogP contribution in [0.5, 0.6) is 0 Å². The summed E-state index contributed by atoms with van der Waals surface area (Å²) in [6, 6.07) is 6.23. The van der Waals surface area contributed by atoms with Crippen LogP contribution >= 0.6 is 0 Å². The van der Waals surface area contributed by atoms with Crippen LogP contribution in [0.4, 0.5) is 0 Å². The van der Waals surface area contributed by atoms with Gasteiger partial charge in [0.15, 0.2) is 9.84 Å². The third-order valence-corrected chi connectivity index (χ3v) is 7.10. The van der Waals surface area contributed by atoms with Crippen LogP contribution in [0.1, 0.15) is 49.1 Å². The summed E-state index contributed by atoms with van der Waals surface area (Å²) in [6.45, 7) is 0. The van der Waals surface area contributed by atoms with Crippen molar-refractivity contribution in [1.82, 2.24) is 0 Å². The summed E-state index contributed by atoms with van der Waals surface area (Å²) in [6.07, 6.45) is 7.04. The maximum atomic E-state index is 12.1. The van der Waals surface area contributed by atoms with E-state index in [-0.39, 0.29) is 0 Å². The molecule has 0 saturated heterocycles. The second-order valence-electron chi connectivity index (χ2n) is 6.26. The normalized spacial score (nSPS) is 30.6. The van der Waals surface area contributed by atoms with Gasteiger partial charge in [0.2, 0.25) is 0 Å². The predicted molar refractivity (Wildman–Crippen MR) is 70.5 cm³/mol. The van der Waals surface area contributed by atoms with E-state index in [0.717, 1.165) is 18.4 Å². The molecule has 3 heteroatoms. The van der Waals surface area contributed by atoms with Crippen molar-refractivity contribution in [3.8, 4) is 0 Å². The fourth-order valence-corrected chi connectivity index (χ4v) is 5.48. The molecular weight excluding hydrogens is 244 g/mol. The van der Waals surface area contributed by atoms with E-state index < -0.39 is 9.84 Å². The number of aryl methyl sites for hydroxylation is 1. The number of benzene rings is 1. The van der Waals surface area contributed by atoms with E-state index in [4.69, 9.17) is 0 Å². The summed E-state index contributed by atoms with van der Waals surface area (Å²) in [5, 5.41) is 0. The van der Waals surface area contributed by atoms with Gasteiger partial charge < -0.3 is 0 Å². The molecule has 18 heavy (non-hydrogen) atoms. The first-order chi connectivity index (χ1) is 8.61. The van der Waals surface area contributed by atoms with E-state index in [1.807, 2.05) is 6.07 Å². The maximum absolute atomic E-state index is 12.1. The van der Waals surface area contributed by atoms with E-state index in [1.165, 1.54) is 31.2 Å². The first kappa shape index (κ1) is 11.0. The monoisotopic (exact) mass is 262 g/mol. The molecule has 1 heterocycles. The Hall–Kier alpha value is -0.830. The molecule has 2 fully saturated rings. The second-order valence-corrected chi connectivity index (χ2v) is 8.34. The third-order valence-electron chi connectivity index (χ3n) is 5.23. The molecule has 0 aromatic heterocycles. The summed E-state index contributed by atoms with van der Waals surface area (Å²) in [5.74, 6) is 0.980. The molecule has 2 saturated carbocycles. The van der Waals surface area contributed by atoms with Gasteiger partial charge in [0.1, 0.15) is 0 Å². The van der Waals surface area contributed by atoms with E-state index in [9.17, 15) is 8.42 Å². The molecule has 0 radical (unpaired) electrons. The Labute approximate surface area is 108 Å². The van der Waals surface area contributed by atoms with Crippen molar-refractivity contribution in [1.29, 1.82) is 0 Å². The van der Waals surface area contributed by atoms with Gasteiger partial charge in [-0.25, -0.2) is 8.42 Å². The molecule has 96 valence electrons. The highest BCUT2D eigenvalue weighted by Crippen LogP contribution is 2.70. The van der Waals surface area contributed by atoms with Crippen LogP contribution in [-0.2, 0) is 16.3 Å². The highest BCUT2D eigenvalue weighted by atomic mass is 32.2. The summed E-state index contributed by atoms with van der Waals surface area (Å²) < 4.78 is 24.2. The van der Waals surface area contributed by atoms with E-state index in [2.05, 4.69) is 12.1 Å². The second kappa shape index (κ2) is 3.38. The molecule has 1 aliphatic heterocycles. The molecule has 1 unspecified atom stereocenters. The van der Waals surface area contributed by atoms with Gasteiger partial charge in [-0.3, -0.25) is 0 Å². The average Bonchev–Trinajstić information content (AvgIpc) is 3.04. The largest absolute Gasteiger partial charge is 0.224 e. The number of fused-ring (bicyclic) bond motifs is 1. The maximum Gasteiger partial charge on any atom is 0.178 e. The third kappa shape index (κ3) is 1.43. The number of hydrogen-bond acceptors (Lipinski definition) is 2. The smallest absolute Gasteiger partial charge is 0.178 e. The van der Waals surface area contributed by atoms with Crippen molar-refractivity contribution in [2.45, 2.75) is 49.3 Å². The molecule has 1 aromatic rings. The Bertz CT molecular complexity index is 611. The minimum absolute atomic E-state index is 0.333. The van der Waals surface area contributed by atoms with Crippen LogP contribution in [0.15, 0.2) is 23.1 Å². The van der Waals surface area contributed by atoms with Gasteiger partial charge in [-0.2, -0.15) is 0 Å². The van der Waals surface area contributed by atoms with Crippen LogP contribution in [0, 0.1) is 5.41 Å². The lowest BCUT2D eigenvalue weighted by molar-refractivity contribution is 0.277. The first-order valence-electron chi connectivity index (χ1n) is 6.96. The Morgan fingerprint density at radius 3 is 2.67 bits per heavy atom. The zero-order chi connectivity index (χ0) is 12.4. The molecule has 1 aromatic carbocycles. The van der Waals surface area contributed by atoms with Gasteiger partial charge >= 0.3 is 0 Å². The zero-order valence-corrected chi connectivity index (χ0v) is 11.3. The fourth-order valence-electron chi connectivity index (χ4n) is 3.85. The highest BCUT2D eigenvalue weighted by molar-refractivity contribution is 7.91. The van der Waals surface area contributed by atoms with Crippen LogP contribution in [-0.4, -0.2) is 14.2 Å². The summed E-state index contributed by atoms with van der Waals surface area (Å²) in [5.41, 5.74) is 2.89. The van der Waals surface area contributed by atoms with Gasteiger partial charge in [-0.05, 0) is 60.6 Å². The van der Waals surface area contributed by atoms with Crippen molar-refractivity contribution in [2.75, 3.05) is 5.75 Å². The van der Waals surface area contributed by atoms with Crippen LogP contribution in [0.2, 0.25) is 0 Å². The SMILES string of the molecule is O=S1(=O)CCCc2ccc(C3CC34CCC4)cc21. The molecule has 2 nitrogen and oxygen atoms in total. The average molecular weight is 262 g/mol. The zero-order valence-electron chi connectivity index (χ0n) is 10.5. The Kier molecular flexibility index (Phi) is 2.07. The van der Waals surface area contributed by atoms with Crippen LogP contribution in [0.3, 0.4) is 0 Å². The van der Waals surface area contributed by atoms with Gasteiger partial charge in [-0.1, -0.05) is 18.6 Å². The lowest BCUT2D eigenvalue weighted by atomic mass is 9.78. The van der Waals surface area contributed by atoms with Gasteiger partial charge in [0, 0.05) is 0 Å². The summed E-state index contributed by atoms with van der Waals surface area (Å²) >= 11 is 0. The van der Waals surface area contributed by atoms with Crippen LogP contribution < -0.4 is 0 Å². The van der Waals surface area contributed by atoms with Crippen molar-refractivity contribution in [3.63, 3.8) is 0 Å². The van der Waals surface area contributed by atoms with Crippen molar-refractivity contribution < 1.29 is 8.42 Å². The molecule has 0 bridgehead atoms. The molecule has 0 amide bonds. The quantitative estimate of drug-likeness (QED) is 0.779. The van der Waals surface area contributed by atoms with E-state index in [1.54, 1.807) is 0 Å². The lowest BCUT2D eigenvalue weighted by Gasteiger charge is -2.27. The Morgan fingerprint density at radius 2 is 2.00 bits per heavy atom. The number of rotatable bonds is 1. The highest BCUT2D eigenvalue weighted by Gasteiger charge is 2.57. The Morgan fingerprint density at radius 1 is 1.17 bits per heavy atom. The number of hydrogen-bond donors (Lipinski definition) is 0. The van der Waals surface area contributed by atoms with Gasteiger partial charge in [0.05, 0.1) is 10.6 Å².